The summed E-state index contributed by atoms with van der Waals surface area (Å²) in [6.07, 6.45) is 3.49. The molecule has 8 heteroatoms. The summed E-state index contributed by atoms with van der Waals surface area (Å²) in [5.74, 6) is -0.0166. The molecule has 1 saturated carbocycles. The molecule has 0 saturated heterocycles. The van der Waals surface area contributed by atoms with E-state index in [1.54, 1.807) is 12.1 Å². The summed E-state index contributed by atoms with van der Waals surface area (Å²) in [7, 11) is 0. The lowest BCUT2D eigenvalue weighted by atomic mass is 9.86. The van der Waals surface area contributed by atoms with Crippen molar-refractivity contribution in [3.05, 3.63) is 29.1 Å². The number of hydrogen-bond acceptors (Lipinski definition) is 5. The minimum atomic E-state index is -2.85. The van der Waals surface area contributed by atoms with E-state index in [-0.39, 0.29) is 23.6 Å². The van der Waals surface area contributed by atoms with Gasteiger partial charge in [0, 0.05) is 22.4 Å². The van der Waals surface area contributed by atoms with Crippen LogP contribution in [0, 0.1) is 12.8 Å². The number of hydrogen-bond donors (Lipinski definition) is 2. The molecular formula is C18H21F2N3O2S. The molecule has 5 nitrogen and oxygen atoms in total. The standard InChI is InChI=1S/C18H21F2N3O2S/c1-10-15(11-5-7-14(8-6-11)25-17(19)20)22-18(26-10)23-16(24)12-3-2-4-13(21)9-12/h5-8,12-13,17H,2-4,9,21H2,1H3,(H,22,23,24). The van der Waals surface area contributed by atoms with Crippen molar-refractivity contribution >= 4 is 22.4 Å². The Kier molecular flexibility index (Phi) is 5.83. The van der Waals surface area contributed by atoms with Gasteiger partial charge in [-0.1, -0.05) is 6.42 Å². The third-order valence-corrected chi connectivity index (χ3v) is 5.35. The van der Waals surface area contributed by atoms with Crippen LogP contribution in [0.3, 0.4) is 0 Å². The molecule has 0 spiro atoms. The number of nitrogens with zero attached hydrogens (tertiary/aromatic N) is 1. The van der Waals surface area contributed by atoms with Crippen LogP contribution in [-0.2, 0) is 4.79 Å². The number of halogens is 2. The molecule has 2 atom stereocenters. The van der Waals surface area contributed by atoms with E-state index < -0.39 is 6.61 Å². The normalized spacial score (nSPS) is 20.2. The summed E-state index contributed by atoms with van der Waals surface area (Å²) >= 11 is 1.39. The first-order chi connectivity index (χ1) is 12.4. The molecule has 140 valence electrons. The molecule has 1 aliphatic rings. The van der Waals surface area contributed by atoms with Crippen LogP contribution in [-0.4, -0.2) is 23.5 Å². The van der Waals surface area contributed by atoms with Crippen LogP contribution in [0.4, 0.5) is 13.9 Å². The summed E-state index contributed by atoms with van der Waals surface area (Å²) in [4.78, 5) is 17.9. The van der Waals surface area contributed by atoms with Crippen molar-refractivity contribution < 1.29 is 18.3 Å². The maximum absolute atomic E-state index is 12.4. The van der Waals surface area contributed by atoms with Gasteiger partial charge < -0.3 is 15.8 Å². The predicted molar refractivity (Wildman–Crippen MR) is 97.5 cm³/mol. The van der Waals surface area contributed by atoms with Crippen LogP contribution < -0.4 is 15.8 Å². The topological polar surface area (TPSA) is 77.2 Å². The largest absolute Gasteiger partial charge is 0.435 e. The zero-order valence-electron chi connectivity index (χ0n) is 14.4. The van der Waals surface area contributed by atoms with Crippen molar-refractivity contribution in [3.8, 4) is 17.0 Å². The van der Waals surface area contributed by atoms with Gasteiger partial charge in [-0.15, -0.1) is 11.3 Å². The first-order valence-corrected chi connectivity index (χ1v) is 9.33. The molecular weight excluding hydrogens is 360 g/mol. The van der Waals surface area contributed by atoms with Gasteiger partial charge in [-0.2, -0.15) is 8.78 Å². The lowest BCUT2D eigenvalue weighted by Crippen LogP contribution is -2.34. The second-order valence-corrected chi connectivity index (χ2v) is 7.64. The van der Waals surface area contributed by atoms with E-state index in [9.17, 15) is 13.6 Å². The Labute approximate surface area is 154 Å². The van der Waals surface area contributed by atoms with Crippen LogP contribution in [0.15, 0.2) is 24.3 Å². The van der Waals surface area contributed by atoms with E-state index in [0.29, 0.717) is 17.2 Å². The highest BCUT2D eigenvalue weighted by Crippen LogP contribution is 2.32. The number of amides is 1. The van der Waals surface area contributed by atoms with Gasteiger partial charge in [0.05, 0.1) is 5.69 Å². The molecule has 3 N–H and O–H groups in total. The van der Waals surface area contributed by atoms with Gasteiger partial charge in [-0.25, -0.2) is 4.98 Å². The van der Waals surface area contributed by atoms with Gasteiger partial charge >= 0.3 is 6.61 Å². The number of ether oxygens (including phenoxy) is 1. The fourth-order valence-electron chi connectivity index (χ4n) is 3.19. The van der Waals surface area contributed by atoms with E-state index in [1.807, 2.05) is 6.92 Å². The Hall–Kier alpha value is -2.06. The average Bonchev–Trinajstić information content (AvgIpc) is 2.95. The number of thiazole rings is 1. The van der Waals surface area contributed by atoms with Gasteiger partial charge in [0.1, 0.15) is 5.75 Å². The summed E-state index contributed by atoms with van der Waals surface area (Å²) in [5.41, 5.74) is 7.45. The van der Waals surface area contributed by atoms with Crippen LogP contribution in [0.2, 0.25) is 0 Å². The van der Waals surface area contributed by atoms with Crippen molar-refractivity contribution in [2.24, 2.45) is 11.7 Å². The summed E-state index contributed by atoms with van der Waals surface area (Å²) in [5, 5.41) is 3.43. The highest BCUT2D eigenvalue weighted by molar-refractivity contribution is 7.16. The van der Waals surface area contributed by atoms with Gasteiger partial charge in [0.25, 0.3) is 0 Å². The Bertz CT molecular complexity index is 764. The third kappa shape index (κ3) is 4.56. The van der Waals surface area contributed by atoms with Crippen molar-refractivity contribution in [2.75, 3.05) is 5.32 Å². The van der Waals surface area contributed by atoms with Crippen LogP contribution in [0.5, 0.6) is 5.75 Å². The quantitative estimate of drug-likeness (QED) is 0.815. The molecule has 1 aromatic heterocycles. The van der Waals surface area contributed by atoms with Crippen LogP contribution >= 0.6 is 11.3 Å². The number of aryl methyl sites for hydroxylation is 1. The molecule has 3 rings (SSSR count). The highest BCUT2D eigenvalue weighted by Gasteiger charge is 2.26. The maximum atomic E-state index is 12.4. The fourth-order valence-corrected chi connectivity index (χ4v) is 4.02. The number of alkyl halides is 2. The molecule has 1 amide bonds. The lowest BCUT2D eigenvalue weighted by molar-refractivity contribution is -0.120. The first kappa shape index (κ1) is 18.7. The molecule has 0 bridgehead atoms. The Balaban J connectivity index is 1.69. The van der Waals surface area contributed by atoms with Crippen molar-refractivity contribution in [2.45, 2.75) is 45.3 Å². The number of carbonyl (C=O) groups excluding carboxylic acids is 1. The number of nitrogens with one attached hydrogen (secondary N) is 1. The van der Waals surface area contributed by atoms with Crippen LogP contribution in [0.1, 0.15) is 30.6 Å². The van der Waals surface area contributed by atoms with Gasteiger partial charge in [0.2, 0.25) is 5.91 Å². The van der Waals surface area contributed by atoms with E-state index in [4.69, 9.17) is 5.73 Å². The van der Waals surface area contributed by atoms with E-state index in [2.05, 4.69) is 15.0 Å². The molecule has 1 fully saturated rings. The monoisotopic (exact) mass is 381 g/mol. The minimum Gasteiger partial charge on any atom is -0.435 e. The second kappa shape index (κ2) is 8.09. The van der Waals surface area contributed by atoms with Gasteiger partial charge in [-0.3, -0.25) is 4.79 Å². The molecule has 26 heavy (non-hydrogen) atoms. The van der Waals surface area contributed by atoms with Crippen LogP contribution in [0.25, 0.3) is 11.3 Å². The van der Waals surface area contributed by atoms with E-state index >= 15 is 0 Å². The van der Waals surface area contributed by atoms with Crippen molar-refractivity contribution in [1.82, 2.24) is 4.98 Å². The average molecular weight is 381 g/mol. The fraction of sp³-hybridized carbons (Fsp3) is 0.444. The Morgan fingerprint density at radius 3 is 2.73 bits per heavy atom. The molecule has 0 radical (unpaired) electrons. The van der Waals surface area contributed by atoms with Gasteiger partial charge in [0.15, 0.2) is 5.13 Å². The number of benzene rings is 1. The molecule has 1 heterocycles. The molecule has 1 aromatic carbocycles. The zero-order valence-corrected chi connectivity index (χ0v) is 15.2. The smallest absolute Gasteiger partial charge is 0.387 e. The molecule has 2 unspecified atom stereocenters. The molecule has 0 aliphatic heterocycles. The van der Waals surface area contributed by atoms with Crippen molar-refractivity contribution in [3.63, 3.8) is 0 Å². The van der Waals surface area contributed by atoms with E-state index in [1.165, 1.54) is 23.5 Å². The summed E-state index contributed by atoms with van der Waals surface area (Å²) in [6, 6.07) is 6.38. The summed E-state index contributed by atoms with van der Waals surface area (Å²) in [6.45, 7) is -0.945. The van der Waals surface area contributed by atoms with E-state index in [0.717, 1.165) is 29.7 Å². The number of anilines is 1. The Morgan fingerprint density at radius 1 is 1.35 bits per heavy atom. The summed E-state index contributed by atoms with van der Waals surface area (Å²) < 4.78 is 28.8. The minimum absolute atomic E-state index is 0.0406. The predicted octanol–water partition coefficient (Wildman–Crippen LogP) is 4.18. The Morgan fingerprint density at radius 2 is 2.08 bits per heavy atom. The SMILES string of the molecule is Cc1sc(NC(=O)C2CCCC(N)C2)nc1-c1ccc(OC(F)F)cc1. The van der Waals surface area contributed by atoms with Crippen molar-refractivity contribution in [1.29, 1.82) is 0 Å². The number of nitrogens with two attached hydrogens (primary N) is 1. The second-order valence-electron chi connectivity index (χ2n) is 6.44. The molecule has 2 aromatic rings. The number of aromatic nitrogens is 1. The first-order valence-electron chi connectivity index (χ1n) is 8.51. The maximum Gasteiger partial charge on any atom is 0.387 e. The third-order valence-electron chi connectivity index (χ3n) is 4.47. The van der Waals surface area contributed by atoms with Gasteiger partial charge in [-0.05, 0) is 50.5 Å². The number of rotatable bonds is 5. The highest BCUT2D eigenvalue weighted by atomic mass is 32.1. The molecule has 1 aliphatic carbocycles. The number of carbonyl (C=O) groups is 1. The zero-order chi connectivity index (χ0) is 18.7. The lowest BCUT2D eigenvalue weighted by Gasteiger charge is -2.25.